The van der Waals surface area contributed by atoms with Crippen LogP contribution < -0.4 is 11.1 Å². The summed E-state index contributed by atoms with van der Waals surface area (Å²) in [6, 6.07) is 13.1. The van der Waals surface area contributed by atoms with Gasteiger partial charge in [0.2, 0.25) is 0 Å². The van der Waals surface area contributed by atoms with Gasteiger partial charge >= 0.3 is 0 Å². The third-order valence-corrected chi connectivity index (χ3v) is 3.15. The van der Waals surface area contributed by atoms with Gasteiger partial charge in [0.25, 0.3) is 5.69 Å². The molecular formula is C15H17N3O2. The number of benzene rings is 2. The summed E-state index contributed by atoms with van der Waals surface area (Å²) in [5.74, 6) is 0. The lowest BCUT2D eigenvalue weighted by Gasteiger charge is -2.08. The molecule has 0 aromatic heterocycles. The van der Waals surface area contributed by atoms with E-state index in [1.165, 1.54) is 6.07 Å². The Morgan fingerprint density at radius 3 is 2.35 bits per heavy atom. The van der Waals surface area contributed by atoms with E-state index < -0.39 is 0 Å². The van der Waals surface area contributed by atoms with Crippen molar-refractivity contribution in [3.63, 3.8) is 0 Å². The lowest BCUT2D eigenvalue weighted by atomic mass is 10.1. The second-order valence-corrected chi connectivity index (χ2v) is 4.63. The molecular weight excluding hydrogens is 254 g/mol. The second kappa shape index (κ2) is 6.16. The molecule has 20 heavy (non-hydrogen) atoms. The van der Waals surface area contributed by atoms with Gasteiger partial charge in [-0.05, 0) is 30.2 Å². The molecule has 0 aliphatic carbocycles. The minimum atomic E-state index is -0.370. The van der Waals surface area contributed by atoms with Crippen LogP contribution in [0, 0.1) is 17.0 Å². The minimum absolute atomic E-state index is 0.142. The van der Waals surface area contributed by atoms with Crippen LogP contribution in [0.2, 0.25) is 0 Å². The van der Waals surface area contributed by atoms with E-state index in [0.29, 0.717) is 18.7 Å². The van der Waals surface area contributed by atoms with Gasteiger partial charge in [0.15, 0.2) is 0 Å². The van der Waals surface area contributed by atoms with Gasteiger partial charge in [-0.3, -0.25) is 10.1 Å². The van der Waals surface area contributed by atoms with Crippen LogP contribution in [0.4, 0.5) is 11.4 Å². The molecule has 0 unspecified atom stereocenters. The fourth-order valence-corrected chi connectivity index (χ4v) is 1.97. The number of anilines is 1. The van der Waals surface area contributed by atoms with Crippen molar-refractivity contribution in [2.45, 2.75) is 20.0 Å². The number of aryl methyl sites for hydroxylation is 1. The maximum Gasteiger partial charge on any atom is 0.272 e. The fraction of sp³-hybridized carbons (Fsp3) is 0.200. The van der Waals surface area contributed by atoms with E-state index in [1.807, 2.05) is 24.3 Å². The molecule has 2 aromatic rings. The van der Waals surface area contributed by atoms with Gasteiger partial charge in [0.1, 0.15) is 0 Å². The molecule has 0 bridgehead atoms. The highest BCUT2D eigenvalue weighted by molar-refractivity contribution is 5.53. The quantitative estimate of drug-likeness (QED) is 0.647. The van der Waals surface area contributed by atoms with Crippen LogP contribution in [0.25, 0.3) is 0 Å². The van der Waals surface area contributed by atoms with Gasteiger partial charge in [-0.15, -0.1) is 0 Å². The molecule has 0 heterocycles. The van der Waals surface area contributed by atoms with E-state index in [1.54, 1.807) is 19.1 Å². The summed E-state index contributed by atoms with van der Waals surface area (Å²) in [6.45, 7) is 2.94. The average Bonchev–Trinajstić information content (AvgIpc) is 2.45. The Morgan fingerprint density at radius 2 is 1.80 bits per heavy atom. The highest BCUT2D eigenvalue weighted by Gasteiger charge is 2.09. The summed E-state index contributed by atoms with van der Waals surface area (Å²) >= 11 is 0. The number of nitrogens with zero attached hydrogens (tertiary/aromatic N) is 1. The Hall–Kier alpha value is -2.40. The van der Waals surface area contributed by atoms with Crippen LogP contribution >= 0.6 is 0 Å². The fourth-order valence-electron chi connectivity index (χ4n) is 1.97. The Labute approximate surface area is 117 Å². The van der Waals surface area contributed by atoms with E-state index in [4.69, 9.17) is 5.73 Å². The van der Waals surface area contributed by atoms with Gasteiger partial charge in [0.05, 0.1) is 4.92 Å². The molecule has 2 rings (SSSR count). The van der Waals surface area contributed by atoms with Gasteiger partial charge < -0.3 is 11.1 Å². The zero-order valence-corrected chi connectivity index (χ0v) is 11.3. The van der Waals surface area contributed by atoms with Crippen LogP contribution in [0.1, 0.15) is 16.7 Å². The van der Waals surface area contributed by atoms with Crippen molar-refractivity contribution in [3.8, 4) is 0 Å². The topological polar surface area (TPSA) is 81.2 Å². The predicted octanol–water partition coefficient (Wildman–Crippen LogP) is 2.97. The Balaban J connectivity index is 2.03. The molecule has 104 valence electrons. The molecule has 0 radical (unpaired) electrons. The maximum absolute atomic E-state index is 10.7. The molecule has 2 aromatic carbocycles. The third-order valence-electron chi connectivity index (χ3n) is 3.15. The maximum atomic E-state index is 10.7. The molecule has 0 saturated carbocycles. The van der Waals surface area contributed by atoms with Crippen LogP contribution in [0.3, 0.4) is 0 Å². The van der Waals surface area contributed by atoms with Gasteiger partial charge in [-0.2, -0.15) is 0 Å². The van der Waals surface area contributed by atoms with Crippen molar-refractivity contribution in [3.05, 3.63) is 69.3 Å². The monoisotopic (exact) mass is 271 g/mol. The zero-order chi connectivity index (χ0) is 14.5. The summed E-state index contributed by atoms with van der Waals surface area (Å²) < 4.78 is 0. The van der Waals surface area contributed by atoms with Crippen molar-refractivity contribution >= 4 is 11.4 Å². The molecule has 5 nitrogen and oxygen atoms in total. The highest BCUT2D eigenvalue weighted by Crippen LogP contribution is 2.21. The Bertz CT molecular complexity index is 609. The normalized spacial score (nSPS) is 10.3. The largest absolute Gasteiger partial charge is 0.381 e. The SMILES string of the molecule is Cc1cc(NCc2ccc(CN)cc2)ccc1[N+](=O)[O-]. The molecule has 5 heteroatoms. The zero-order valence-electron chi connectivity index (χ0n) is 11.3. The first-order valence-corrected chi connectivity index (χ1v) is 6.37. The summed E-state index contributed by atoms with van der Waals surface area (Å²) in [7, 11) is 0. The van der Waals surface area contributed by atoms with Crippen LogP contribution in [0.15, 0.2) is 42.5 Å². The summed E-state index contributed by atoms with van der Waals surface area (Å²) in [6.07, 6.45) is 0. The lowest BCUT2D eigenvalue weighted by Crippen LogP contribution is -2.01. The number of nitrogens with two attached hydrogens (primary N) is 1. The van der Waals surface area contributed by atoms with E-state index in [2.05, 4.69) is 5.32 Å². The predicted molar refractivity (Wildman–Crippen MR) is 79.5 cm³/mol. The smallest absolute Gasteiger partial charge is 0.272 e. The number of nitrogens with one attached hydrogen (secondary N) is 1. The second-order valence-electron chi connectivity index (χ2n) is 4.63. The molecule has 0 atom stereocenters. The van der Waals surface area contributed by atoms with E-state index in [0.717, 1.165) is 16.8 Å². The number of hydrogen-bond acceptors (Lipinski definition) is 4. The highest BCUT2D eigenvalue weighted by atomic mass is 16.6. The van der Waals surface area contributed by atoms with Crippen molar-refractivity contribution < 1.29 is 4.92 Å². The van der Waals surface area contributed by atoms with Crippen molar-refractivity contribution in [2.24, 2.45) is 5.73 Å². The molecule has 0 fully saturated rings. The summed E-state index contributed by atoms with van der Waals surface area (Å²) in [4.78, 5) is 10.4. The first kappa shape index (κ1) is 14.0. The van der Waals surface area contributed by atoms with Gasteiger partial charge in [0, 0.05) is 30.4 Å². The standard InChI is InChI=1S/C15H17N3O2/c1-11-8-14(6-7-15(11)18(19)20)17-10-13-4-2-12(9-16)3-5-13/h2-8,17H,9-10,16H2,1H3. The van der Waals surface area contributed by atoms with E-state index in [-0.39, 0.29) is 10.6 Å². The number of hydrogen-bond donors (Lipinski definition) is 2. The van der Waals surface area contributed by atoms with Gasteiger partial charge in [-0.25, -0.2) is 0 Å². The van der Waals surface area contributed by atoms with Crippen LogP contribution in [0.5, 0.6) is 0 Å². The molecule has 0 amide bonds. The number of nitro groups is 1. The van der Waals surface area contributed by atoms with Crippen LogP contribution in [-0.2, 0) is 13.1 Å². The van der Waals surface area contributed by atoms with Crippen molar-refractivity contribution in [1.82, 2.24) is 0 Å². The third kappa shape index (κ3) is 3.33. The summed E-state index contributed by atoms with van der Waals surface area (Å²) in [5.41, 5.74) is 9.45. The van der Waals surface area contributed by atoms with Crippen molar-refractivity contribution in [2.75, 3.05) is 5.32 Å². The molecule has 0 spiro atoms. The molecule has 3 N–H and O–H groups in total. The molecule has 0 saturated heterocycles. The minimum Gasteiger partial charge on any atom is -0.381 e. The van der Waals surface area contributed by atoms with Crippen molar-refractivity contribution in [1.29, 1.82) is 0 Å². The first-order chi connectivity index (χ1) is 9.60. The molecule has 0 aliphatic rings. The van der Waals surface area contributed by atoms with E-state index in [9.17, 15) is 10.1 Å². The Morgan fingerprint density at radius 1 is 1.15 bits per heavy atom. The van der Waals surface area contributed by atoms with Crippen LogP contribution in [-0.4, -0.2) is 4.92 Å². The lowest BCUT2D eigenvalue weighted by molar-refractivity contribution is -0.385. The summed E-state index contributed by atoms with van der Waals surface area (Å²) in [5, 5.41) is 14.0. The molecule has 0 aliphatic heterocycles. The number of nitro benzene ring substituents is 1. The number of rotatable bonds is 5. The van der Waals surface area contributed by atoms with E-state index >= 15 is 0 Å². The average molecular weight is 271 g/mol. The Kier molecular flexibility index (Phi) is 4.32. The van der Waals surface area contributed by atoms with Gasteiger partial charge in [-0.1, -0.05) is 24.3 Å². The first-order valence-electron chi connectivity index (χ1n) is 6.37.